The Hall–Kier alpha value is -3.41. The summed E-state index contributed by atoms with van der Waals surface area (Å²) in [7, 11) is 0. The lowest BCUT2D eigenvalue weighted by molar-refractivity contribution is -0.120. The van der Waals surface area contributed by atoms with Crippen LogP contribution in [-0.2, 0) is 4.79 Å². The van der Waals surface area contributed by atoms with Gasteiger partial charge in [0.05, 0.1) is 12.8 Å². The van der Waals surface area contributed by atoms with Gasteiger partial charge in [-0.3, -0.25) is 9.59 Å². The fraction of sp³-hybridized carbons (Fsp3) is 0.150. The van der Waals surface area contributed by atoms with Gasteiger partial charge in [-0.25, -0.2) is 5.43 Å². The molecule has 0 aliphatic carbocycles. The molecule has 0 bridgehead atoms. The zero-order valence-electron chi connectivity index (χ0n) is 14.6. The number of ether oxygens (including phenoxy) is 1. The number of hydrogen-bond acceptors (Lipinski definition) is 4. The van der Waals surface area contributed by atoms with Gasteiger partial charge >= 0.3 is 0 Å². The van der Waals surface area contributed by atoms with E-state index in [2.05, 4.69) is 22.4 Å². The lowest BCUT2D eigenvalue weighted by atomic mass is 10.1. The number of nitrogens with one attached hydrogen (secondary N) is 2. The molecule has 0 spiro atoms. The zero-order chi connectivity index (χ0) is 18.8. The number of carbonyl (C=O) groups is 2. The van der Waals surface area contributed by atoms with Crippen LogP contribution in [0.1, 0.15) is 21.5 Å². The van der Waals surface area contributed by atoms with Gasteiger partial charge in [0.2, 0.25) is 0 Å². The first-order valence-electron chi connectivity index (χ1n) is 8.09. The molecule has 0 atom stereocenters. The van der Waals surface area contributed by atoms with Crippen molar-refractivity contribution < 1.29 is 14.3 Å². The predicted molar refractivity (Wildman–Crippen MR) is 101 cm³/mol. The maximum absolute atomic E-state index is 12.0. The third-order valence-electron chi connectivity index (χ3n) is 3.32. The summed E-state index contributed by atoms with van der Waals surface area (Å²) in [5, 5.41) is 6.43. The Bertz CT molecular complexity index is 815. The van der Waals surface area contributed by atoms with E-state index in [0.29, 0.717) is 17.9 Å². The van der Waals surface area contributed by atoms with Crippen molar-refractivity contribution in [3.63, 3.8) is 0 Å². The molecule has 6 nitrogen and oxygen atoms in total. The molecule has 0 radical (unpaired) electrons. The van der Waals surface area contributed by atoms with Crippen LogP contribution in [0.3, 0.4) is 0 Å². The van der Waals surface area contributed by atoms with Gasteiger partial charge in [-0.05, 0) is 36.8 Å². The number of rotatable bonds is 8. The van der Waals surface area contributed by atoms with Crippen molar-refractivity contribution in [3.8, 4) is 5.75 Å². The topological polar surface area (TPSA) is 79.8 Å². The first-order valence-corrected chi connectivity index (χ1v) is 8.09. The Labute approximate surface area is 152 Å². The second-order valence-corrected chi connectivity index (χ2v) is 5.52. The van der Waals surface area contributed by atoms with E-state index < -0.39 is 5.91 Å². The molecule has 0 saturated heterocycles. The van der Waals surface area contributed by atoms with Gasteiger partial charge in [-0.1, -0.05) is 42.5 Å². The minimum Gasteiger partial charge on any atom is -0.490 e. The summed E-state index contributed by atoms with van der Waals surface area (Å²) in [6.45, 7) is 5.74. The molecular formula is C20H21N3O3. The zero-order valence-corrected chi connectivity index (χ0v) is 14.6. The van der Waals surface area contributed by atoms with Crippen LogP contribution in [0.25, 0.3) is 0 Å². The molecule has 2 amide bonds. The summed E-state index contributed by atoms with van der Waals surface area (Å²) in [5.74, 6) is -0.0354. The molecule has 0 aliphatic heterocycles. The quantitative estimate of drug-likeness (QED) is 0.435. The number of hydrazone groups is 1. The van der Waals surface area contributed by atoms with E-state index in [9.17, 15) is 9.59 Å². The largest absolute Gasteiger partial charge is 0.490 e. The Morgan fingerprint density at radius 3 is 2.77 bits per heavy atom. The summed E-state index contributed by atoms with van der Waals surface area (Å²) >= 11 is 0. The van der Waals surface area contributed by atoms with Crippen LogP contribution in [0.2, 0.25) is 0 Å². The first kappa shape index (κ1) is 18.9. The molecule has 2 aromatic rings. The standard InChI is InChI=1S/C20H21N3O3/c1-3-10-26-18-9-5-7-16(12-18)13-22-23-19(24)14-21-20(25)17-8-4-6-15(2)11-17/h3-9,11-13H,1,10,14H2,2H3,(H,21,25)(H,23,24)/b22-13+. The molecule has 134 valence electrons. The molecule has 0 saturated carbocycles. The van der Waals surface area contributed by atoms with Gasteiger partial charge < -0.3 is 10.1 Å². The van der Waals surface area contributed by atoms with Gasteiger partial charge in [-0.15, -0.1) is 0 Å². The maximum Gasteiger partial charge on any atom is 0.259 e. The Morgan fingerprint density at radius 2 is 2.00 bits per heavy atom. The molecule has 0 fully saturated rings. The SMILES string of the molecule is C=CCOc1cccc(/C=N/NC(=O)CNC(=O)c2cccc(C)c2)c1. The lowest BCUT2D eigenvalue weighted by Crippen LogP contribution is -2.34. The van der Waals surface area contributed by atoms with E-state index in [4.69, 9.17) is 4.74 Å². The van der Waals surface area contributed by atoms with E-state index in [1.807, 2.05) is 31.2 Å². The minimum absolute atomic E-state index is 0.160. The molecule has 2 aromatic carbocycles. The lowest BCUT2D eigenvalue weighted by Gasteiger charge is -2.05. The fourth-order valence-electron chi connectivity index (χ4n) is 2.11. The summed E-state index contributed by atoms with van der Waals surface area (Å²) in [4.78, 5) is 23.7. The normalized spacial score (nSPS) is 10.3. The number of carbonyl (C=O) groups excluding carboxylic acids is 2. The van der Waals surface area contributed by atoms with Crippen molar-refractivity contribution in [2.75, 3.05) is 13.2 Å². The van der Waals surface area contributed by atoms with Crippen molar-refractivity contribution in [1.82, 2.24) is 10.7 Å². The third kappa shape index (κ3) is 6.24. The highest BCUT2D eigenvalue weighted by molar-refractivity contribution is 5.96. The number of nitrogens with zero attached hydrogens (tertiary/aromatic N) is 1. The highest BCUT2D eigenvalue weighted by Crippen LogP contribution is 2.11. The van der Waals surface area contributed by atoms with Crippen LogP contribution in [0.15, 0.2) is 66.3 Å². The van der Waals surface area contributed by atoms with Crippen molar-refractivity contribution in [2.45, 2.75) is 6.92 Å². The van der Waals surface area contributed by atoms with Gasteiger partial charge in [0.15, 0.2) is 0 Å². The van der Waals surface area contributed by atoms with Crippen molar-refractivity contribution >= 4 is 18.0 Å². The van der Waals surface area contributed by atoms with E-state index in [1.165, 1.54) is 6.21 Å². The smallest absolute Gasteiger partial charge is 0.259 e. The van der Waals surface area contributed by atoms with Crippen LogP contribution >= 0.6 is 0 Å². The number of aryl methyl sites for hydroxylation is 1. The molecule has 0 heterocycles. The predicted octanol–water partition coefficient (Wildman–Crippen LogP) is 2.44. The van der Waals surface area contributed by atoms with Gasteiger partial charge in [0, 0.05) is 5.56 Å². The van der Waals surface area contributed by atoms with E-state index in [-0.39, 0.29) is 12.5 Å². The monoisotopic (exact) mass is 351 g/mol. The van der Waals surface area contributed by atoms with Gasteiger partial charge in [0.25, 0.3) is 11.8 Å². The number of amides is 2. The summed E-state index contributed by atoms with van der Waals surface area (Å²) in [5.41, 5.74) is 4.63. The number of hydrogen-bond donors (Lipinski definition) is 2. The Balaban J connectivity index is 1.80. The first-order chi connectivity index (χ1) is 12.6. The highest BCUT2D eigenvalue weighted by atomic mass is 16.5. The van der Waals surface area contributed by atoms with Crippen LogP contribution in [0.5, 0.6) is 5.75 Å². The average Bonchev–Trinajstić information content (AvgIpc) is 2.65. The van der Waals surface area contributed by atoms with Crippen LogP contribution in [-0.4, -0.2) is 31.2 Å². The maximum atomic E-state index is 12.0. The molecular weight excluding hydrogens is 330 g/mol. The Kier molecular flexibility index (Phi) is 7.12. The average molecular weight is 351 g/mol. The molecule has 26 heavy (non-hydrogen) atoms. The van der Waals surface area contributed by atoms with E-state index in [0.717, 1.165) is 11.1 Å². The minimum atomic E-state index is -0.415. The second-order valence-electron chi connectivity index (χ2n) is 5.52. The van der Waals surface area contributed by atoms with Gasteiger partial charge in [-0.2, -0.15) is 5.10 Å². The highest BCUT2D eigenvalue weighted by Gasteiger charge is 2.07. The Morgan fingerprint density at radius 1 is 1.19 bits per heavy atom. The van der Waals surface area contributed by atoms with Crippen LogP contribution in [0.4, 0.5) is 0 Å². The summed E-state index contributed by atoms with van der Waals surface area (Å²) in [6, 6.07) is 14.4. The van der Waals surface area contributed by atoms with Gasteiger partial charge in [0.1, 0.15) is 12.4 Å². The van der Waals surface area contributed by atoms with E-state index >= 15 is 0 Å². The number of benzene rings is 2. The van der Waals surface area contributed by atoms with Crippen molar-refractivity contribution in [3.05, 3.63) is 77.9 Å². The van der Waals surface area contributed by atoms with E-state index in [1.54, 1.807) is 30.3 Å². The fourth-order valence-corrected chi connectivity index (χ4v) is 2.11. The van der Waals surface area contributed by atoms with Crippen LogP contribution in [0, 0.1) is 6.92 Å². The van der Waals surface area contributed by atoms with Crippen LogP contribution < -0.4 is 15.5 Å². The third-order valence-corrected chi connectivity index (χ3v) is 3.32. The molecule has 0 aliphatic rings. The summed E-state index contributed by atoms with van der Waals surface area (Å²) in [6.07, 6.45) is 3.16. The molecule has 0 unspecified atom stereocenters. The van der Waals surface area contributed by atoms with Crippen molar-refractivity contribution in [2.24, 2.45) is 5.10 Å². The summed E-state index contributed by atoms with van der Waals surface area (Å²) < 4.78 is 5.42. The second kappa shape index (κ2) is 9.78. The molecule has 2 N–H and O–H groups in total. The molecule has 0 aromatic heterocycles. The molecule has 6 heteroatoms. The van der Waals surface area contributed by atoms with Crippen molar-refractivity contribution in [1.29, 1.82) is 0 Å². The molecule has 2 rings (SSSR count).